The van der Waals surface area contributed by atoms with Crippen LogP contribution in [0.1, 0.15) is 45.1 Å². The molecule has 2 heterocycles. The number of nitrogens with zero attached hydrogens (tertiary/aromatic N) is 3. The van der Waals surface area contributed by atoms with E-state index >= 15 is 0 Å². The molecule has 2 aliphatic rings. The van der Waals surface area contributed by atoms with Crippen molar-refractivity contribution in [3.8, 4) is 11.5 Å². The van der Waals surface area contributed by atoms with Gasteiger partial charge in [-0.3, -0.25) is 9.89 Å². The summed E-state index contributed by atoms with van der Waals surface area (Å²) in [5.74, 6) is 3.48. The molecule has 0 aromatic heterocycles. The number of benzene rings is 1. The van der Waals surface area contributed by atoms with Crippen molar-refractivity contribution in [3.63, 3.8) is 0 Å². The van der Waals surface area contributed by atoms with Gasteiger partial charge in [-0.25, -0.2) is 0 Å². The molecule has 0 aliphatic carbocycles. The highest BCUT2D eigenvalue weighted by atomic mass is 16.5. The van der Waals surface area contributed by atoms with Gasteiger partial charge < -0.3 is 25.0 Å². The number of rotatable bonds is 10. The van der Waals surface area contributed by atoms with Crippen LogP contribution in [0.15, 0.2) is 23.2 Å². The van der Waals surface area contributed by atoms with Gasteiger partial charge in [-0.1, -0.05) is 6.92 Å². The van der Waals surface area contributed by atoms with Crippen LogP contribution in [0.2, 0.25) is 0 Å². The fourth-order valence-electron chi connectivity index (χ4n) is 4.77. The summed E-state index contributed by atoms with van der Waals surface area (Å²) < 4.78 is 10.8. The maximum Gasteiger partial charge on any atom is 0.191 e. The average molecular weight is 446 g/mol. The lowest BCUT2D eigenvalue weighted by molar-refractivity contribution is 0.188. The number of methoxy groups -OCH3 is 2. The minimum atomic E-state index is 0.424. The zero-order valence-corrected chi connectivity index (χ0v) is 20.5. The number of ether oxygens (including phenoxy) is 2. The van der Waals surface area contributed by atoms with E-state index in [1.807, 2.05) is 6.07 Å². The molecule has 1 unspecified atom stereocenters. The monoisotopic (exact) mass is 445 g/mol. The molecule has 32 heavy (non-hydrogen) atoms. The molecule has 2 N–H and O–H groups in total. The Labute approximate surface area is 194 Å². The van der Waals surface area contributed by atoms with Crippen LogP contribution in [-0.4, -0.2) is 81.8 Å². The van der Waals surface area contributed by atoms with Crippen LogP contribution in [0.25, 0.3) is 0 Å². The topological polar surface area (TPSA) is 61.4 Å². The summed E-state index contributed by atoms with van der Waals surface area (Å²) in [7, 11) is 3.40. The molecule has 0 bridgehead atoms. The lowest BCUT2D eigenvalue weighted by atomic mass is 9.94. The lowest BCUT2D eigenvalue weighted by Gasteiger charge is -2.30. The van der Waals surface area contributed by atoms with Crippen LogP contribution in [-0.2, 0) is 6.54 Å². The molecule has 180 valence electrons. The quantitative estimate of drug-likeness (QED) is 0.427. The molecule has 0 amide bonds. The Bertz CT molecular complexity index is 696. The minimum Gasteiger partial charge on any atom is -0.497 e. The van der Waals surface area contributed by atoms with E-state index in [0.717, 1.165) is 62.5 Å². The highest BCUT2D eigenvalue weighted by Gasteiger charge is 2.24. The second-order valence-electron chi connectivity index (χ2n) is 9.01. The molecule has 2 aliphatic heterocycles. The van der Waals surface area contributed by atoms with Gasteiger partial charge in [0.05, 0.1) is 14.2 Å². The van der Waals surface area contributed by atoms with Crippen molar-refractivity contribution < 1.29 is 9.47 Å². The van der Waals surface area contributed by atoms with Crippen LogP contribution in [0.5, 0.6) is 11.5 Å². The predicted molar refractivity (Wildman–Crippen MR) is 132 cm³/mol. The van der Waals surface area contributed by atoms with E-state index in [4.69, 9.17) is 14.5 Å². The third-order valence-electron chi connectivity index (χ3n) is 6.74. The Kier molecular flexibility index (Phi) is 9.93. The molecular weight excluding hydrogens is 402 g/mol. The van der Waals surface area contributed by atoms with Gasteiger partial charge in [-0.05, 0) is 75.9 Å². The smallest absolute Gasteiger partial charge is 0.191 e. The summed E-state index contributed by atoms with van der Waals surface area (Å²) in [6, 6.07) is 6.54. The van der Waals surface area contributed by atoms with Crippen molar-refractivity contribution in [2.45, 2.75) is 52.1 Å². The third-order valence-corrected chi connectivity index (χ3v) is 6.74. The van der Waals surface area contributed by atoms with Crippen molar-refractivity contribution in [3.05, 3.63) is 23.8 Å². The van der Waals surface area contributed by atoms with E-state index in [1.54, 1.807) is 14.2 Å². The zero-order chi connectivity index (χ0) is 22.8. The summed E-state index contributed by atoms with van der Waals surface area (Å²) in [6.07, 6.45) is 4.96. The molecule has 3 rings (SSSR count). The number of nitrogens with one attached hydrogen (secondary N) is 2. The normalized spacial score (nSPS) is 21.0. The Morgan fingerprint density at radius 3 is 2.31 bits per heavy atom. The average Bonchev–Trinajstić information content (AvgIpc) is 3.25. The molecule has 0 saturated carbocycles. The van der Waals surface area contributed by atoms with Gasteiger partial charge in [0.2, 0.25) is 0 Å². The van der Waals surface area contributed by atoms with E-state index in [1.165, 1.54) is 44.5 Å². The molecule has 1 aromatic rings. The van der Waals surface area contributed by atoms with Gasteiger partial charge in [0.1, 0.15) is 11.5 Å². The molecule has 2 fully saturated rings. The highest BCUT2D eigenvalue weighted by Crippen LogP contribution is 2.24. The molecular formula is C25H43N5O2. The lowest BCUT2D eigenvalue weighted by Crippen LogP contribution is -2.44. The molecule has 0 radical (unpaired) electrons. The van der Waals surface area contributed by atoms with Crippen molar-refractivity contribution in [2.24, 2.45) is 10.9 Å². The van der Waals surface area contributed by atoms with E-state index < -0.39 is 0 Å². The Morgan fingerprint density at radius 2 is 1.69 bits per heavy atom. The van der Waals surface area contributed by atoms with Crippen molar-refractivity contribution in [2.75, 3.05) is 60.0 Å². The van der Waals surface area contributed by atoms with E-state index in [2.05, 4.69) is 46.4 Å². The Balaban J connectivity index is 1.46. The number of hydrogen-bond acceptors (Lipinski definition) is 5. The standard InChI is InChI=1S/C25H43N5O2/c1-5-26-25(27-11-7-20-8-12-29(6-2)13-9-20)28-22-10-14-30(19-22)18-21-15-23(31-3)17-24(16-21)32-4/h15-17,20,22H,5-14,18-19H2,1-4H3,(H2,26,27,28). The molecule has 0 spiro atoms. The zero-order valence-electron chi connectivity index (χ0n) is 20.5. The predicted octanol–water partition coefficient (Wildman–Crippen LogP) is 2.96. The van der Waals surface area contributed by atoms with Gasteiger partial charge in [-0.2, -0.15) is 0 Å². The fourth-order valence-corrected chi connectivity index (χ4v) is 4.77. The van der Waals surface area contributed by atoms with E-state index in [9.17, 15) is 0 Å². The summed E-state index contributed by atoms with van der Waals surface area (Å²) in [5.41, 5.74) is 1.22. The van der Waals surface area contributed by atoms with Crippen LogP contribution in [0.4, 0.5) is 0 Å². The molecule has 2 saturated heterocycles. The van der Waals surface area contributed by atoms with Crippen molar-refractivity contribution in [1.29, 1.82) is 0 Å². The van der Waals surface area contributed by atoms with Crippen LogP contribution < -0.4 is 20.1 Å². The van der Waals surface area contributed by atoms with Crippen molar-refractivity contribution >= 4 is 5.96 Å². The molecule has 1 atom stereocenters. The van der Waals surface area contributed by atoms with E-state index in [-0.39, 0.29) is 0 Å². The van der Waals surface area contributed by atoms with Gasteiger partial charge in [0, 0.05) is 44.8 Å². The summed E-state index contributed by atoms with van der Waals surface area (Å²) in [5, 5.41) is 7.11. The fraction of sp³-hybridized carbons (Fsp3) is 0.720. The second-order valence-corrected chi connectivity index (χ2v) is 9.01. The largest absolute Gasteiger partial charge is 0.497 e. The SMILES string of the molecule is CCNC(=NCCC1CCN(CC)CC1)NC1CCN(Cc2cc(OC)cc(OC)c2)C1. The highest BCUT2D eigenvalue weighted by molar-refractivity contribution is 5.80. The summed E-state index contributed by atoms with van der Waals surface area (Å²) >= 11 is 0. The minimum absolute atomic E-state index is 0.424. The van der Waals surface area contributed by atoms with Crippen molar-refractivity contribution in [1.82, 2.24) is 20.4 Å². The number of guanidine groups is 1. The Morgan fingerprint density at radius 1 is 1.00 bits per heavy atom. The number of hydrogen-bond donors (Lipinski definition) is 2. The number of likely N-dealkylation sites (tertiary alicyclic amines) is 2. The molecule has 7 nitrogen and oxygen atoms in total. The maximum atomic E-state index is 5.42. The Hall–Kier alpha value is -1.99. The third kappa shape index (κ3) is 7.55. The summed E-state index contributed by atoms with van der Waals surface area (Å²) in [4.78, 5) is 9.93. The van der Waals surface area contributed by atoms with Crippen LogP contribution in [0.3, 0.4) is 0 Å². The number of piperidine rings is 1. The van der Waals surface area contributed by atoms with E-state index in [0.29, 0.717) is 6.04 Å². The second kappa shape index (κ2) is 12.9. The first-order valence-electron chi connectivity index (χ1n) is 12.3. The van der Waals surface area contributed by atoms with Gasteiger partial charge >= 0.3 is 0 Å². The van der Waals surface area contributed by atoms with Crippen LogP contribution >= 0.6 is 0 Å². The number of aliphatic imine (C=N–C) groups is 1. The maximum absolute atomic E-state index is 5.42. The van der Waals surface area contributed by atoms with Crippen LogP contribution in [0, 0.1) is 5.92 Å². The first-order valence-corrected chi connectivity index (χ1v) is 12.3. The van der Waals surface area contributed by atoms with Gasteiger partial charge in [0.25, 0.3) is 0 Å². The summed E-state index contributed by atoms with van der Waals surface area (Å²) in [6.45, 7) is 12.9. The van der Waals surface area contributed by atoms with Gasteiger partial charge in [-0.15, -0.1) is 0 Å². The molecule has 1 aromatic carbocycles. The van der Waals surface area contributed by atoms with Gasteiger partial charge in [0.15, 0.2) is 5.96 Å². The molecule has 7 heteroatoms. The first kappa shape index (κ1) is 24.6. The first-order chi connectivity index (χ1) is 15.6.